The number of anilines is 1. The molecule has 9 heteroatoms. The minimum atomic E-state index is -3.99. The van der Waals surface area contributed by atoms with Gasteiger partial charge in [0.15, 0.2) is 6.61 Å². The fourth-order valence-corrected chi connectivity index (χ4v) is 3.30. The van der Waals surface area contributed by atoms with Crippen LogP contribution >= 0.6 is 0 Å². The smallest absolute Gasteiger partial charge is 0.338 e. The van der Waals surface area contributed by atoms with Crippen LogP contribution in [0.25, 0.3) is 0 Å². The van der Waals surface area contributed by atoms with Gasteiger partial charge in [-0.25, -0.2) is 17.6 Å². The van der Waals surface area contributed by atoms with E-state index in [2.05, 4.69) is 10.0 Å². The Kier molecular flexibility index (Phi) is 7.51. The number of carbonyl (C=O) groups excluding carboxylic acids is 2. The fraction of sp³-hybridized carbons (Fsp3) is 0.263. The topological polar surface area (TPSA) is 102 Å². The van der Waals surface area contributed by atoms with Crippen LogP contribution in [0.1, 0.15) is 30.1 Å². The number of halogens is 1. The van der Waals surface area contributed by atoms with Crippen molar-refractivity contribution in [1.29, 1.82) is 0 Å². The lowest BCUT2D eigenvalue weighted by molar-refractivity contribution is -0.124. The molecule has 0 aromatic heterocycles. The van der Waals surface area contributed by atoms with E-state index in [0.717, 1.165) is 31.0 Å². The number of rotatable bonds is 9. The lowest BCUT2D eigenvalue weighted by Crippen LogP contribution is -2.29. The molecule has 7 nitrogen and oxygen atoms in total. The number of benzene rings is 2. The van der Waals surface area contributed by atoms with Crippen molar-refractivity contribution in [3.05, 3.63) is 59.9 Å². The summed E-state index contributed by atoms with van der Waals surface area (Å²) >= 11 is 0. The summed E-state index contributed by atoms with van der Waals surface area (Å²) in [6.07, 6.45) is 1.74. The second-order valence-corrected chi connectivity index (χ2v) is 7.60. The van der Waals surface area contributed by atoms with Crippen LogP contribution < -0.4 is 10.0 Å². The monoisotopic (exact) mass is 408 g/mol. The molecule has 0 fully saturated rings. The van der Waals surface area contributed by atoms with Gasteiger partial charge in [-0.15, -0.1) is 0 Å². The van der Waals surface area contributed by atoms with E-state index in [0.29, 0.717) is 6.54 Å². The molecule has 1 amide bonds. The van der Waals surface area contributed by atoms with Crippen LogP contribution in [0.2, 0.25) is 0 Å². The zero-order valence-corrected chi connectivity index (χ0v) is 16.1. The predicted octanol–water partition coefficient (Wildman–Crippen LogP) is 2.70. The number of sulfonamides is 1. The molecule has 2 aromatic carbocycles. The normalized spacial score (nSPS) is 10.9. The number of hydrogen-bond donors (Lipinski definition) is 2. The average Bonchev–Trinajstić information content (AvgIpc) is 2.68. The molecule has 0 radical (unpaired) electrons. The van der Waals surface area contributed by atoms with Gasteiger partial charge in [0.25, 0.3) is 15.9 Å². The Balaban J connectivity index is 2.03. The minimum absolute atomic E-state index is 0.0108. The molecule has 0 saturated heterocycles. The third-order valence-corrected chi connectivity index (χ3v) is 5.04. The van der Waals surface area contributed by atoms with Crippen molar-refractivity contribution in [2.75, 3.05) is 17.9 Å². The van der Waals surface area contributed by atoms with Crippen LogP contribution in [0.3, 0.4) is 0 Å². The van der Waals surface area contributed by atoms with Crippen LogP contribution in [0.4, 0.5) is 10.1 Å². The van der Waals surface area contributed by atoms with E-state index < -0.39 is 34.3 Å². The SMILES string of the molecule is CCCCNC(=O)COC(=O)c1cccc(S(=O)(=O)Nc2ccc(F)cc2)c1. The number of esters is 1. The maximum atomic E-state index is 12.9. The standard InChI is InChI=1S/C19H21FN2O5S/c1-2-3-11-21-18(23)13-27-19(24)14-5-4-6-17(12-14)28(25,26)22-16-9-7-15(20)8-10-16/h4-10,12,22H,2-3,11,13H2,1H3,(H,21,23). The summed E-state index contributed by atoms with van der Waals surface area (Å²) in [5.41, 5.74) is 0.168. The van der Waals surface area contributed by atoms with Crippen LogP contribution in [0.5, 0.6) is 0 Å². The summed E-state index contributed by atoms with van der Waals surface area (Å²) < 4.78 is 45.1. The first-order chi connectivity index (χ1) is 13.3. The maximum Gasteiger partial charge on any atom is 0.338 e. The third kappa shape index (κ3) is 6.34. The number of carbonyl (C=O) groups is 2. The van der Waals surface area contributed by atoms with E-state index in [1.165, 1.54) is 30.3 Å². The van der Waals surface area contributed by atoms with E-state index in [-0.39, 0.29) is 16.1 Å². The van der Waals surface area contributed by atoms with Gasteiger partial charge in [-0.1, -0.05) is 19.4 Å². The summed E-state index contributed by atoms with van der Waals surface area (Å²) in [6.45, 7) is 2.03. The van der Waals surface area contributed by atoms with Gasteiger partial charge in [-0.2, -0.15) is 0 Å². The molecule has 0 unspecified atom stereocenters. The van der Waals surface area contributed by atoms with Gasteiger partial charge >= 0.3 is 5.97 Å². The molecular weight excluding hydrogens is 387 g/mol. The second kappa shape index (κ2) is 9.84. The van der Waals surface area contributed by atoms with Gasteiger partial charge in [-0.3, -0.25) is 9.52 Å². The summed E-state index contributed by atoms with van der Waals surface area (Å²) in [5.74, 6) is -1.74. The number of nitrogens with one attached hydrogen (secondary N) is 2. The van der Waals surface area contributed by atoms with Crippen molar-refractivity contribution < 1.29 is 27.1 Å². The molecule has 0 atom stereocenters. The maximum absolute atomic E-state index is 12.9. The highest BCUT2D eigenvalue weighted by Crippen LogP contribution is 2.18. The first-order valence-electron chi connectivity index (χ1n) is 8.64. The first kappa shape index (κ1) is 21.4. The van der Waals surface area contributed by atoms with Gasteiger partial charge in [0, 0.05) is 12.2 Å². The molecule has 2 aromatic rings. The predicted molar refractivity (Wildman–Crippen MR) is 102 cm³/mol. The van der Waals surface area contributed by atoms with Gasteiger partial charge in [0.1, 0.15) is 5.82 Å². The Bertz CT molecular complexity index is 930. The van der Waals surface area contributed by atoms with E-state index in [1.807, 2.05) is 6.92 Å². The van der Waals surface area contributed by atoms with E-state index >= 15 is 0 Å². The van der Waals surface area contributed by atoms with Gasteiger partial charge in [0.2, 0.25) is 0 Å². The summed E-state index contributed by atoms with van der Waals surface area (Å²) in [5, 5.41) is 2.61. The van der Waals surface area contributed by atoms with Crippen LogP contribution in [-0.4, -0.2) is 33.4 Å². The third-order valence-electron chi connectivity index (χ3n) is 3.66. The van der Waals surface area contributed by atoms with E-state index in [9.17, 15) is 22.4 Å². The molecule has 28 heavy (non-hydrogen) atoms. The molecule has 0 aliphatic heterocycles. The lowest BCUT2D eigenvalue weighted by atomic mass is 10.2. The quantitative estimate of drug-likeness (QED) is 0.491. The van der Waals surface area contributed by atoms with E-state index in [4.69, 9.17) is 4.74 Å². The van der Waals surface area contributed by atoms with Crippen molar-refractivity contribution in [2.45, 2.75) is 24.7 Å². The van der Waals surface area contributed by atoms with Crippen LogP contribution in [-0.2, 0) is 19.6 Å². The van der Waals surface area contributed by atoms with Crippen LogP contribution in [0.15, 0.2) is 53.4 Å². The summed E-state index contributed by atoms with van der Waals surface area (Å²) in [7, 11) is -3.99. The average molecular weight is 408 g/mol. The van der Waals surface area contributed by atoms with Crippen molar-refractivity contribution >= 4 is 27.6 Å². The largest absolute Gasteiger partial charge is 0.452 e. The highest BCUT2D eigenvalue weighted by Gasteiger charge is 2.18. The molecule has 0 aliphatic rings. The van der Waals surface area contributed by atoms with Crippen molar-refractivity contribution in [2.24, 2.45) is 0 Å². The Hall–Kier alpha value is -2.94. The van der Waals surface area contributed by atoms with Crippen molar-refractivity contribution in [3.8, 4) is 0 Å². The molecule has 0 heterocycles. The number of hydrogen-bond acceptors (Lipinski definition) is 5. The minimum Gasteiger partial charge on any atom is -0.452 e. The van der Waals surface area contributed by atoms with Gasteiger partial charge < -0.3 is 10.1 Å². The lowest BCUT2D eigenvalue weighted by Gasteiger charge is -2.10. The zero-order chi connectivity index (χ0) is 20.6. The van der Waals surface area contributed by atoms with Crippen molar-refractivity contribution in [1.82, 2.24) is 5.32 Å². The number of ether oxygens (including phenoxy) is 1. The zero-order valence-electron chi connectivity index (χ0n) is 15.3. The Morgan fingerprint density at radius 2 is 1.82 bits per heavy atom. The Morgan fingerprint density at radius 1 is 1.11 bits per heavy atom. The van der Waals surface area contributed by atoms with E-state index in [1.54, 1.807) is 0 Å². The fourth-order valence-electron chi connectivity index (χ4n) is 2.19. The molecule has 0 aliphatic carbocycles. The molecular formula is C19H21FN2O5S. The first-order valence-corrected chi connectivity index (χ1v) is 10.1. The molecule has 2 N–H and O–H groups in total. The Labute approximate surface area is 163 Å². The molecule has 2 rings (SSSR count). The molecule has 150 valence electrons. The summed E-state index contributed by atoms with van der Waals surface area (Å²) in [4.78, 5) is 23.5. The summed E-state index contributed by atoms with van der Waals surface area (Å²) in [6, 6.07) is 10.0. The highest BCUT2D eigenvalue weighted by molar-refractivity contribution is 7.92. The number of amides is 1. The second-order valence-electron chi connectivity index (χ2n) is 5.92. The van der Waals surface area contributed by atoms with Crippen molar-refractivity contribution in [3.63, 3.8) is 0 Å². The number of unbranched alkanes of at least 4 members (excludes halogenated alkanes) is 1. The van der Waals surface area contributed by atoms with Gasteiger partial charge in [-0.05, 0) is 48.9 Å². The Morgan fingerprint density at radius 3 is 2.50 bits per heavy atom. The molecule has 0 bridgehead atoms. The van der Waals surface area contributed by atoms with Crippen LogP contribution in [0, 0.1) is 5.82 Å². The molecule has 0 saturated carbocycles. The molecule has 0 spiro atoms. The van der Waals surface area contributed by atoms with Gasteiger partial charge in [0.05, 0.1) is 10.5 Å². The highest BCUT2D eigenvalue weighted by atomic mass is 32.2.